The molecule has 156 valence electrons. The number of carbonyl (C=O) groups is 1. The first-order chi connectivity index (χ1) is 14.6. The third kappa shape index (κ3) is 4.45. The molecule has 0 saturated carbocycles. The van der Waals surface area contributed by atoms with Crippen molar-refractivity contribution >= 4 is 11.9 Å². The Labute approximate surface area is 176 Å². The van der Waals surface area contributed by atoms with E-state index < -0.39 is 0 Å². The number of amides is 1. The lowest BCUT2D eigenvalue weighted by Crippen LogP contribution is -2.41. The van der Waals surface area contributed by atoms with Crippen LogP contribution < -0.4 is 15.0 Å². The molecule has 1 atom stereocenters. The van der Waals surface area contributed by atoms with E-state index in [0.29, 0.717) is 24.9 Å². The molecule has 2 heterocycles. The maximum Gasteiger partial charge on any atom is 0.324 e. The van der Waals surface area contributed by atoms with E-state index in [4.69, 9.17) is 9.26 Å². The topological polar surface area (TPSA) is 80.5 Å². The zero-order chi connectivity index (χ0) is 20.9. The molecule has 0 bridgehead atoms. The second-order valence-electron chi connectivity index (χ2n) is 7.53. The maximum absolute atomic E-state index is 12.7. The van der Waals surface area contributed by atoms with Crippen LogP contribution in [0.2, 0.25) is 0 Å². The lowest BCUT2D eigenvalue weighted by Gasteiger charge is -2.30. The van der Waals surface area contributed by atoms with Gasteiger partial charge in [-0.15, -0.1) is 0 Å². The van der Waals surface area contributed by atoms with Gasteiger partial charge in [0.1, 0.15) is 5.75 Å². The highest BCUT2D eigenvalue weighted by molar-refractivity contribution is 5.79. The van der Waals surface area contributed by atoms with Gasteiger partial charge >= 0.3 is 6.01 Å². The molecule has 1 aromatic heterocycles. The standard InChI is InChI=1S/C23H26N4O3/c1-16(17-6-4-3-5-7-17)24-22(28)19-12-14-27(15-13-19)23-25-21(26-30-23)18-8-10-20(29-2)11-9-18/h3-11,16,19H,12-15H2,1-2H3,(H,24,28)/t16-/m0/s1. The summed E-state index contributed by atoms with van der Waals surface area (Å²) in [4.78, 5) is 19.2. The van der Waals surface area contributed by atoms with E-state index in [1.165, 1.54) is 0 Å². The highest BCUT2D eigenvalue weighted by atomic mass is 16.5. The van der Waals surface area contributed by atoms with Crippen molar-refractivity contribution in [2.75, 3.05) is 25.1 Å². The van der Waals surface area contributed by atoms with Gasteiger partial charge in [0.25, 0.3) is 0 Å². The predicted octanol–water partition coefficient (Wildman–Crippen LogP) is 3.84. The van der Waals surface area contributed by atoms with E-state index in [1.54, 1.807) is 7.11 Å². The van der Waals surface area contributed by atoms with Crippen molar-refractivity contribution in [1.29, 1.82) is 0 Å². The van der Waals surface area contributed by atoms with Gasteiger partial charge in [-0.3, -0.25) is 4.79 Å². The number of hydrogen-bond acceptors (Lipinski definition) is 6. The van der Waals surface area contributed by atoms with Crippen molar-refractivity contribution in [2.24, 2.45) is 5.92 Å². The second kappa shape index (κ2) is 8.98. The van der Waals surface area contributed by atoms with Crippen molar-refractivity contribution < 1.29 is 14.1 Å². The van der Waals surface area contributed by atoms with Crippen molar-refractivity contribution in [3.05, 3.63) is 60.2 Å². The van der Waals surface area contributed by atoms with Gasteiger partial charge in [0.2, 0.25) is 11.7 Å². The molecule has 1 saturated heterocycles. The van der Waals surface area contributed by atoms with E-state index in [2.05, 4.69) is 15.5 Å². The van der Waals surface area contributed by atoms with Gasteiger partial charge in [-0.25, -0.2) is 0 Å². The summed E-state index contributed by atoms with van der Waals surface area (Å²) in [6.45, 7) is 3.44. The van der Waals surface area contributed by atoms with Crippen LogP contribution in [0, 0.1) is 5.92 Å². The Morgan fingerprint density at radius 2 is 1.83 bits per heavy atom. The van der Waals surface area contributed by atoms with Gasteiger partial charge in [0, 0.05) is 24.6 Å². The number of nitrogens with one attached hydrogen (secondary N) is 1. The molecular formula is C23H26N4O3. The lowest BCUT2D eigenvalue weighted by molar-refractivity contribution is -0.126. The molecule has 2 aromatic carbocycles. The van der Waals surface area contributed by atoms with Crippen LogP contribution in [0.15, 0.2) is 59.1 Å². The van der Waals surface area contributed by atoms with Gasteiger partial charge in [-0.1, -0.05) is 35.5 Å². The van der Waals surface area contributed by atoms with Gasteiger partial charge in [0.15, 0.2) is 0 Å². The molecule has 1 aliphatic heterocycles. The SMILES string of the molecule is COc1ccc(-c2noc(N3CCC(C(=O)N[C@@H](C)c4ccccc4)CC3)n2)cc1. The smallest absolute Gasteiger partial charge is 0.324 e. The number of methoxy groups -OCH3 is 1. The monoisotopic (exact) mass is 406 g/mol. The Hall–Kier alpha value is -3.35. The molecule has 1 amide bonds. The van der Waals surface area contributed by atoms with E-state index in [9.17, 15) is 4.79 Å². The molecule has 1 aliphatic rings. The van der Waals surface area contributed by atoms with Gasteiger partial charge in [0.05, 0.1) is 13.2 Å². The fraction of sp³-hybridized carbons (Fsp3) is 0.348. The number of piperidine rings is 1. The molecule has 3 aromatic rings. The summed E-state index contributed by atoms with van der Waals surface area (Å²) in [5.41, 5.74) is 1.98. The van der Waals surface area contributed by atoms with Crippen LogP contribution in [0.4, 0.5) is 6.01 Å². The Kier molecular flexibility index (Phi) is 5.97. The number of benzene rings is 2. The molecule has 1 N–H and O–H groups in total. The molecule has 1 fully saturated rings. The largest absolute Gasteiger partial charge is 0.497 e. The summed E-state index contributed by atoms with van der Waals surface area (Å²) < 4.78 is 10.6. The number of rotatable bonds is 6. The van der Waals surface area contributed by atoms with Crippen LogP contribution in [0.5, 0.6) is 5.75 Å². The molecule has 30 heavy (non-hydrogen) atoms. The van der Waals surface area contributed by atoms with Gasteiger partial charge in [-0.2, -0.15) is 4.98 Å². The van der Waals surface area contributed by atoms with Crippen molar-refractivity contribution in [1.82, 2.24) is 15.5 Å². The Morgan fingerprint density at radius 1 is 1.13 bits per heavy atom. The third-order valence-electron chi connectivity index (χ3n) is 5.56. The minimum absolute atomic E-state index is 0.000255. The number of hydrogen-bond donors (Lipinski definition) is 1. The Bertz CT molecular complexity index is 964. The zero-order valence-electron chi connectivity index (χ0n) is 17.2. The van der Waals surface area contributed by atoms with Crippen LogP contribution >= 0.6 is 0 Å². The van der Waals surface area contributed by atoms with Crippen molar-refractivity contribution in [2.45, 2.75) is 25.8 Å². The summed E-state index contributed by atoms with van der Waals surface area (Å²) in [6.07, 6.45) is 1.52. The molecule has 0 radical (unpaired) electrons. The van der Waals surface area contributed by atoms with E-state index >= 15 is 0 Å². The van der Waals surface area contributed by atoms with Crippen LogP contribution in [-0.2, 0) is 4.79 Å². The quantitative estimate of drug-likeness (QED) is 0.670. The molecule has 0 spiro atoms. The summed E-state index contributed by atoms with van der Waals surface area (Å²) >= 11 is 0. The van der Waals surface area contributed by atoms with Crippen LogP contribution in [-0.4, -0.2) is 36.2 Å². The van der Waals surface area contributed by atoms with Crippen LogP contribution in [0.3, 0.4) is 0 Å². The fourth-order valence-corrected chi connectivity index (χ4v) is 3.69. The summed E-state index contributed by atoms with van der Waals surface area (Å²) in [6, 6.07) is 18.0. The second-order valence-corrected chi connectivity index (χ2v) is 7.53. The molecule has 0 unspecified atom stereocenters. The predicted molar refractivity (Wildman–Crippen MR) is 114 cm³/mol. The number of carbonyl (C=O) groups excluding carboxylic acids is 1. The maximum atomic E-state index is 12.7. The lowest BCUT2D eigenvalue weighted by atomic mass is 9.95. The van der Waals surface area contributed by atoms with Crippen molar-refractivity contribution in [3.63, 3.8) is 0 Å². The summed E-state index contributed by atoms with van der Waals surface area (Å²) in [7, 11) is 1.63. The Morgan fingerprint density at radius 3 is 2.50 bits per heavy atom. The van der Waals surface area contributed by atoms with Gasteiger partial charge < -0.3 is 19.5 Å². The van der Waals surface area contributed by atoms with E-state index in [-0.39, 0.29) is 17.9 Å². The molecule has 7 nitrogen and oxygen atoms in total. The number of nitrogens with zero attached hydrogens (tertiary/aromatic N) is 3. The normalized spacial score (nSPS) is 15.6. The number of anilines is 1. The van der Waals surface area contributed by atoms with Gasteiger partial charge in [-0.05, 0) is 49.6 Å². The van der Waals surface area contributed by atoms with Crippen molar-refractivity contribution in [3.8, 4) is 17.1 Å². The average molecular weight is 406 g/mol. The highest BCUT2D eigenvalue weighted by Gasteiger charge is 2.28. The van der Waals surface area contributed by atoms with Crippen LogP contribution in [0.25, 0.3) is 11.4 Å². The fourth-order valence-electron chi connectivity index (χ4n) is 3.69. The zero-order valence-corrected chi connectivity index (χ0v) is 17.2. The number of ether oxygens (including phenoxy) is 1. The summed E-state index contributed by atoms with van der Waals surface area (Å²) in [5, 5.41) is 7.23. The molecule has 0 aliphatic carbocycles. The molecule has 7 heteroatoms. The first kappa shape index (κ1) is 19.9. The molecular weight excluding hydrogens is 380 g/mol. The van der Waals surface area contributed by atoms with Crippen LogP contribution in [0.1, 0.15) is 31.4 Å². The minimum Gasteiger partial charge on any atom is -0.497 e. The summed E-state index contributed by atoms with van der Waals surface area (Å²) in [5.74, 6) is 1.43. The van der Waals surface area contributed by atoms with E-state index in [1.807, 2.05) is 66.4 Å². The number of aromatic nitrogens is 2. The van der Waals surface area contributed by atoms with E-state index in [0.717, 1.165) is 29.7 Å². The first-order valence-corrected chi connectivity index (χ1v) is 10.2. The first-order valence-electron chi connectivity index (χ1n) is 10.2. The highest BCUT2D eigenvalue weighted by Crippen LogP contribution is 2.26. The Balaban J connectivity index is 1.32. The third-order valence-corrected chi connectivity index (χ3v) is 5.56. The molecule has 4 rings (SSSR count). The average Bonchev–Trinajstić information content (AvgIpc) is 3.30. The minimum atomic E-state index is -0.00334.